The maximum Gasteiger partial charge on any atom is 0.137 e. The predicted octanol–water partition coefficient (Wildman–Crippen LogP) is 5.13. The number of halogens is 3. The molecule has 0 unspecified atom stereocenters. The van der Waals surface area contributed by atoms with Crippen LogP contribution in [-0.4, -0.2) is 6.54 Å². The molecule has 0 aliphatic heterocycles. The number of nitrogens with one attached hydrogen (secondary N) is 1. The SMILES string of the molecule is CCNCc1ccc(-c2c(Cl)cc(Br)cc2Cl)o1. The van der Waals surface area contributed by atoms with Crippen molar-refractivity contribution >= 4 is 39.1 Å². The number of hydrogen-bond acceptors (Lipinski definition) is 2. The fourth-order valence-electron chi connectivity index (χ4n) is 1.63. The van der Waals surface area contributed by atoms with Crippen LogP contribution < -0.4 is 5.32 Å². The summed E-state index contributed by atoms with van der Waals surface area (Å²) >= 11 is 15.7. The first kappa shape index (κ1) is 13.9. The lowest BCUT2D eigenvalue weighted by molar-refractivity contribution is 0.498. The smallest absolute Gasteiger partial charge is 0.137 e. The van der Waals surface area contributed by atoms with Crippen molar-refractivity contribution in [2.75, 3.05) is 6.54 Å². The summed E-state index contributed by atoms with van der Waals surface area (Å²) < 4.78 is 6.57. The van der Waals surface area contributed by atoms with Crippen molar-refractivity contribution in [3.8, 4) is 11.3 Å². The Labute approximate surface area is 124 Å². The minimum atomic E-state index is 0.568. The molecule has 0 bridgehead atoms. The molecule has 0 radical (unpaired) electrons. The first-order valence-electron chi connectivity index (χ1n) is 5.56. The fourth-order valence-corrected chi connectivity index (χ4v) is 3.03. The summed E-state index contributed by atoms with van der Waals surface area (Å²) in [5.74, 6) is 1.55. The van der Waals surface area contributed by atoms with Crippen LogP contribution in [0.15, 0.2) is 33.2 Å². The van der Waals surface area contributed by atoms with E-state index in [2.05, 4.69) is 21.2 Å². The van der Waals surface area contributed by atoms with Crippen molar-refractivity contribution in [3.05, 3.63) is 44.5 Å². The summed E-state index contributed by atoms with van der Waals surface area (Å²) in [5, 5.41) is 4.34. The van der Waals surface area contributed by atoms with Crippen LogP contribution in [0.4, 0.5) is 0 Å². The third-order valence-electron chi connectivity index (χ3n) is 2.46. The van der Waals surface area contributed by atoms with Crippen LogP contribution in [0, 0.1) is 0 Å². The van der Waals surface area contributed by atoms with Crippen LogP contribution in [0.2, 0.25) is 10.0 Å². The Balaban J connectivity index is 2.34. The molecule has 0 saturated heterocycles. The average molecular weight is 349 g/mol. The predicted molar refractivity (Wildman–Crippen MR) is 79.2 cm³/mol. The molecular formula is C13H12BrCl2NO. The molecule has 2 nitrogen and oxygen atoms in total. The van der Waals surface area contributed by atoms with Crippen molar-refractivity contribution in [1.82, 2.24) is 5.32 Å². The van der Waals surface area contributed by atoms with Crippen molar-refractivity contribution in [3.63, 3.8) is 0 Å². The Morgan fingerprint density at radius 3 is 2.50 bits per heavy atom. The molecule has 0 fully saturated rings. The van der Waals surface area contributed by atoms with Crippen molar-refractivity contribution in [2.24, 2.45) is 0 Å². The van der Waals surface area contributed by atoms with Crippen molar-refractivity contribution in [1.29, 1.82) is 0 Å². The molecule has 96 valence electrons. The Kier molecular flexibility index (Phi) is 4.73. The van der Waals surface area contributed by atoms with Gasteiger partial charge in [-0.2, -0.15) is 0 Å². The van der Waals surface area contributed by atoms with Gasteiger partial charge in [0.15, 0.2) is 0 Å². The highest BCUT2D eigenvalue weighted by atomic mass is 79.9. The summed E-state index contributed by atoms with van der Waals surface area (Å²) in [5.41, 5.74) is 0.726. The number of furan rings is 1. The van der Waals surface area contributed by atoms with Gasteiger partial charge in [0.25, 0.3) is 0 Å². The molecule has 1 heterocycles. The Morgan fingerprint density at radius 2 is 1.89 bits per heavy atom. The molecule has 2 aromatic rings. The number of rotatable bonds is 4. The zero-order valence-corrected chi connectivity index (χ0v) is 12.9. The zero-order valence-electron chi connectivity index (χ0n) is 9.77. The maximum atomic E-state index is 6.19. The van der Waals surface area contributed by atoms with E-state index in [9.17, 15) is 0 Å². The summed E-state index contributed by atoms with van der Waals surface area (Å²) in [7, 11) is 0. The Bertz CT molecular complexity index is 531. The standard InChI is InChI=1S/C13H12BrCl2NO/c1-2-17-7-9-3-4-12(18-9)13-10(15)5-8(14)6-11(13)16/h3-6,17H,2,7H2,1H3. The largest absolute Gasteiger partial charge is 0.460 e. The lowest BCUT2D eigenvalue weighted by Gasteiger charge is -2.05. The van der Waals surface area contributed by atoms with Crippen molar-refractivity contribution < 1.29 is 4.42 Å². The molecule has 1 aromatic carbocycles. The molecule has 1 aromatic heterocycles. The highest BCUT2D eigenvalue weighted by Gasteiger charge is 2.13. The fraction of sp³-hybridized carbons (Fsp3) is 0.231. The van der Waals surface area contributed by atoms with Gasteiger partial charge < -0.3 is 9.73 Å². The summed E-state index contributed by atoms with van der Waals surface area (Å²) in [6, 6.07) is 7.41. The molecule has 18 heavy (non-hydrogen) atoms. The van der Waals surface area contributed by atoms with Gasteiger partial charge in [0.1, 0.15) is 11.5 Å². The minimum absolute atomic E-state index is 0.568. The third-order valence-corrected chi connectivity index (χ3v) is 3.52. The van der Waals surface area contributed by atoms with E-state index in [4.69, 9.17) is 27.6 Å². The van der Waals surface area contributed by atoms with E-state index >= 15 is 0 Å². The van der Waals surface area contributed by atoms with Gasteiger partial charge in [-0.05, 0) is 30.8 Å². The summed E-state index contributed by atoms with van der Waals surface area (Å²) in [4.78, 5) is 0. The van der Waals surface area contributed by atoms with E-state index in [-0.39, 0.29) is 0 Å². The van der Waals surface area contributed by atoms with Gasteiger partial charge in [0, 0.05) is 4.47 Å². The Morgan fingerprint density at radius 1 is 1.22 bits per heavy atom. The molecule has 1 N–H and O–H groups in total. The summed E-state index contributed by atoms with van der Waals surface area (Å²) in [6.45, 7) is 3.64. The third kappa shape index (κ3) is 3.09. The van der Waals surface area contributed by atoms with Gasteiger partial charge in [-0.15, -0.1) is 0 Å². The van der Waals surface area contributed by atoms with Gasteiger partial charge in [-0.1, -0.05) is 46.1 Å². The number of benzene rings is 1. The molecule has 0 saturated carbocycles. The first-order valence-corrected chi connectivity index (χ1v) is 7.11. The molecule has 2 rings (SSSR count). The highest BCUT2D eigenvalue weighted by molar-refractivity contribution is 9.10. The van der Waals surface area contributed by atoms with E-state index in [1.54, 1.807) is 12.1 Å². The second kappa shape index (κ2) is 6.11. The minimum Gasteiger partial charge on any atom is -0.460 e. The molecule has 0 aliphatic rings. The quantitative estimate of drug-likeness (QED) is 0.828. The van der Waals surface area contributed by atoms with Gasteiger partial charge in [-0.25, -0.2) is 0 Å². The molecular weight excluding hydrogens is 337 g/mol. The average Bonchev–Trinajstić information content (AvgIpc) is 2.73. The summed E-state index contributed by atoms with van der Waals surface area (Å²) in [6.07, 6.45) is 0. The van der Waals surface area contributed by atoms with E-state index in [0.29, 0.717) is 22.4 Å². The normalized spacial score (nSPS) is 10.9. The topological polar surface area (TPSA) is 25.2 Å². The first-order chi connectivity index (χ1) is 8.61. The van der Waals surface area contributed by atoms with E-state index < -0.39 is 0 Å². The van der Waals surface area contributed by atoms with Crippen molar-refractivity contribution in [2.45, 2.75) is 13.5 Å². The van der Waals surface area contributed by atoms with Gasteiger partial charge in [0.05, 0.1) is 22.2 Å². The zero-order chi connectivity index (χ0) is 13.1. The molecule has 0 atom stereocenters. The molecule has 0 amide bonds. The van der Waals surface area contributed by atoms with Gasteiger partial charge in [0.2, 0.25) is 0 Å². The van der Waals surface area contributed by atoms with Crippen LogP contribution in [0.5, 0.6) is 0 Å². The monoisotopic (exact) mass is 347 g/mol. The van der Waals surface area contributed by atoms with E-state index in [1.165, 1.54) is 0 Å². The molecule has 0 aliphatic carbocycles. The second-order valence-corrected chi connectivity index (χ2v) is 5.52. The van der Waals surface area contributed by atoms with E-state index in [0.717, 1.165) is 22.3 Å². The number of hydrogen-bond donors (Lipinski definition) is 1. The van der Waals surface area contributed by atoms with Crippen LogP contribution in [0.25, 0.3) is 11.3 Å². The van der Waals surface area contributed by atoms with Crippen LogP contribution in [0.1, 0.15) is 12.7 Å². The highest BCUT2D eigenvalue weighted by Crippen LogP contribution is 2.37. The Hall–Kier alpha value is -0.480. The molecule has 0 spiro atoms. The lowest BCUT2D eigenvalue weighted by atomic mass is 10.2. The van der Waals surface area contributed by atoms with Crippen LogP contribution >= 0.6 is 39.1 Å². The van der Waals surface area contributed by atoms with E-state index in [1.807, 2.05) is 19.1 Å². The lowest BCUT2D eigenvalue weighted by Crippen LogP contribution is -2.10. The molecule has 5 heteroatoms. The van der Waals surface area contributed by atoms with Gasteiger partial charge in [-0.3, -0.25) is 0 Å². The van der Waals surface area contributed by atoms with Crippen LogP contribution in [-0.2, 0) is 6.54 Å². The second-order valence-electron chi connectivity index (χ2n) is 3.79. The van der Waals surface area contributed by atoms with Crippen LogP contribution in [0.3, 0.4) is 0 Å². The maximum absolute atomic E-state index is 6.19. The van der Waals surface area contributed by atoms with Gasteiger partial charge >= 0.3 is 0 Å².